The SMILES string of the molecule is O=Cc1ccc(C=O)o1.O=Cc1ccc(CO)o1. The van der Waals surface area contributed by atoms with Crippen molar-refractivity contribution in [3.05, 3.63) is 47.3 Å². The van der Waals surface area contributed by atoms with Gasteiger partial charge in [0.15, 0.2) is 36.1 Å². The van der Waals surface area contributed by atoms with Gasteiger partial charge < -0.3 is 13.9 Å². The molecular weight excluding hydrogens is 240 g/mol. The fourth-order valence-corrected chi connectivity index (χ4v) is 1.04. The summed E-state index contributed by atoms with van der Waals surface area (Å²) in [6, 6.07) is 5.95. The van der Waals surface area contributed by atoms with Crippen molar-refractivity contribution in [2.45, 2.75) is 6.61 Å². The minimum absolute atomic E-state index is 0.159. The Bertz CT molecular complexity index is 500. The number of carbonyl (C=O) groups excluding carboxylic acids is 3. The fourth-order valence-electron chi connectivity index (χ4n) is 1.04. The zero-order valence-electron chi connectivity index (χ0n) is 9.24. The molecule has 0 aliphatic carbocycles. The minimum atomic E-state index is -0.159. The van der Waals surface area contributed by atoms with E-state index in [9.17, 15) is 14.4 Å². The van der Waals surface area contributed by atoms with E-state index in [1.54, 1.807) is 6.07 Å². The van der Waals surface area contributed by atoms with Crippen molar-refractivity contribution in [3.63, 3.8) is 0 Å². The summed E-state index contributed by atoms with van der Waals surface area (Å²) in [4.78, 5) is 29.8. The molecule has 0 saturated carbocycles. The first-order valence-electron chi connectivity index (χ1n) is 4.88. The largest absolute Gasteiger partial charge is 0.456 e. The lowest BCUT2D eigenvalue weighted by Gasteiger charge is -1.82. The fraction of sp³-hybridized carbons (Fsp3) is 0.0833. The van der Waals surface area contributed by atoms with Crippen LogP contribution in [-0.4, -0.2) is 24.0 Å². The summed E-state index contributed by atoms with van der Waals surface area (Å²) in [7, 11) is 0. The number of rotatable bonds is 4. The van der Waals surface area contributed by atoms with E-state index in [1.165, 1.54) is 18.2 Å². The van der Waals surface area contributed by atoms with Gasteiger partial charge in [0.2, 0.25) is 0 Å². The molecule has 0 amide bonds. The van der Waals surface area contributed by atoms with Gasteiger partial charge in [0, 0.05) is 0 Å². The highest BCUT2D eigenvalue weighted by Gasteiger charge is 1.97. The highest BCUT2D eigenvalue weighted by atomic mass is 16.4. The Hall–Kier alpha value is -2.47. The number of hydrogen-bond acceptors (Lipinski definition) is 6. The van der Waals surface area contributed by atoms with Gasteiger partial charge in [-0.15, -0.1) is 0 Å². The molecule has 18 heavy (non-hydrogen) atoms. The van der Waals surface area contributed by atoms with Crippen LogP contribution in [0, 0.1) is 0 Å². The van der Waals surface area contributed by atoms with Crippen molar-refractivity contribution in [1.82, 2.24) is 0 Å². The zero-order valence-corrected chi connectivity index (χ0v) is 9.24. The molecule has 0 aliphatic rings. The van der Waals surface area contributed by atoms with Crippen LogP contribution in [0.4, 0.5) is 0 Å². The zero-order chi connectivity index (χ0) is 13.4. The van der Waals surface area contributed by atoms with Gasteiger partial charge >= 0.3 is 0 Å². The van der Waals surface area contributed by atoms with Crippen molar-refractivity contribution >= 4 is 18.9 Å². The van der Waals surface area contributed by atoms with Crippen molar-refractivity contribution in [2.24, 2.45) is 0 Å². The van der Waals surface area contributed by atoms with E-state index in [0.29, 0.717) is 24.6 Å². The molecule has 0 aliphatic heterocycles. The molecule has 0 spiro atoms. The van der Waals surface area contributed by atoms with Crippen LogP contribution in [0.5, 0.6) is 0 Å². The molecule has 0 unspecified atom stereocenters. The average molecular weight is 250 g/mol. The molecule has 1 N–H and O–H groups in total. The molecule has 2 rings (SSSR count). The number of carbonyl (C=O) groups is 3. The number of furan rings is 2. The average Bonchev–Trinajstić information content (AvgIpc) is 3.07. The summed E-state index contributed by atoms with van der Waals surface area (Å²) in [6.45, 7) is -0.159. The number of aldehydes is 3. The Kier molecular flexibility index (Phi) is 5.27. The summed E-state index contributed by atoms with van der Waals surface area (Å²) in [5, 5.41) is 8.44. The van der Waals surface area contributed by atoms with Crippen LogP contribution in [0.2, 0.25) is 0 Å². The van der Waals surface area contributed by atoms with Gasteiger partial charge in [-0.3, -0.25) is 14.4 Å². The third kappa shape index (κ3) is 3.84. The third-order valence-electron chi connectivity index (χ3n) is 1.83. The number of aliphatic hydroxyl groups excluding tert-OH is 1. The maximum Gasteiger partial charge on any atom is 0.185 e. The van der Waals surface area contributed by atoms with E-state index < -0.39 is 0 Å². The van der Waals surface area contributed by atoms with E-state index in [1.807, 2.05) is 0 Å². The first-order valence-corrected chi connectivity index (χ1v) is 4.88. The second-order valence-corrected chi connectivity index (χ2v) is 3.06. The number of aliphatic hydroxyl groups is 1. The van der Waals surface area contributed by atoms with Crippen molar-refractivity contribution < 1.29 is 28.3 Å². The third-order valence-corrected chi connectivity index (χ3v) is 1.83. The molecule has 6 heteroatoms. The number of hydrogen-bond donors (Lipinski definition) is 1. The molecule has 2 aromatic rings. The van der Waals surface area contributed by atoms with Gasteiger partial charge in [0.1, 0.15) is 12.4 Å². The van der Waals surface area contributed by atoms with Crippen LogP contribution in [0.25, 0.3) is 0 Å². The summed E-state index contributed by atoms with van der Waals surface area (Å²) in [6.07, 6.45) is 1.69. The predicted octanol–water partition coefficient (Wildman–Crippen LogP) is 1.49. The van der Waals surface area contributed by atoms with Gasteiger partial charge in [0.25, 0.3) is 0 Å². The lowest BCUT2D eigenvalue weighted by Crippen LogP contribution is -1.74. The predicted molar refractivity (Wildman–Crippen MR) is 59.5 cm³/mol. The lowest BCUT2D eigenvalue weighted by molar-refractivity contribution is 0.107. The van der Waals surface area contributed by atoms with Crippen LogP contribution in [0.3, 0.4) is 0 Å². The Morgan fingerprint density at radius 2 is 1.28 bits per heavy atom. The summed E-state index contributed by atoms with van der Waals surface area (Å²) in [5.74, 6) is 1.02. The quantitative estimate of drug-likeness (QED) is 0.825. The molecule has 2 heterocycles. The summed E-state index contributed by atoms with van der Waals surface area (Å²) in [5.41, 5.74) is 0. The smallest absolute Gasteiger partial charge is 0.185 e. The molecule has 0 aromatic carbocycles. The van der Waals surface area contributed by atoms with E-state index in [0.717, 1.165) is 0 Å². The molecular formula is C12H10O6. The monoisotopic (exact) mass is 250 g/mol. The normalized spacial score (nSPS) is 9.17. The Labute approximate surface area is 102 Å². The molecule has 0 fully saturated rings. The van der Waals surface area contributed by atoms with Crippen molar-refractivity contribution in [1.29, 1.82) is 0 Å². The van der Waals surface area contributed by atoms with Crippen LogP contribution in [0.15, 0.2) is 33.1 Å². The summed E-state index contributed by atoms with van der Waals surface area (Å²) >= 11 is 0. The maximum absolute atomic E-state index is 9.96. The van der Waals surface area contributed by atoms with Gasteiger partial charge in [0.05, 0.1) is 0 Å². The standard InChI is InChI=1S/C6H6O3.C6H4O3/c2*7-3-5-1-2-6(4-8)9-5/h1-3,8H,4H2;1-4H. The second-order valence-electron chi connectivity index (χ2n) is 3.06. The van der Waals surface area contributed by atoms with Crippen LogP contribution >= 0.6 is 0 Å². The highest BCUT2D eigenvalue weighted by molar-refractivity contribution is 5.75. The Morgan fingerprint density at radius 1 is 0.833 bits per heavy atom. The van der Waals surface area contributed by atoms with Gasteiger partial charge in [-0.05, 0) is 24.3 Å². The van der Waals surface area contributed by atoms with Crippen LogP contribution < -0.4 is 0 Å². The van der Waals surface area contributed by atoms with E-state index in [4.69, 9.17) is 9.52 Å². The first-order chi connectivity index (χ1) is 8.73. The molecule has 0 radical (unpaired) electrons. The lowest BCUT2D eigenvalue weighted by atomic mass is 10.4. The molecule has 94 valence electrons. The molecule has 6 nitrogen and oxygen atoms in total. The van der Waals surface area contributed by atoms with E-state index >= 15 is 0 Å². The van der Waals surface area contributed by atoms with E-state index in [2.05, 4.69) is 4.42 Å². The second kappa shape index (κ2) is 6.97. The Balaban J connectivity index is 0.000000180. The van der Waals surface area contributed by atoms with Crippen LogP contribution in [-0.2, 0) is 6.61 Å². The maximum atomic E-state index is 9.96. The minimum Gasteiger partial charge on any atom is -0.456 e. The highest BCUT2D eigenvalue weighted by Crippen LogP contribution is 2.04. The van der Waals surface area contributed by atoms with Gasteiger partial charge in [-0.25, -0.2) is 0 Å². The first kappa shape index (κ1) is 13.6. The van der Waals surface area contributed by atoms with Crippen molar-refractivity contribution in [2.75, 3.05) is 0 Å². The van der Waals surface area contributed by atoms with E-state index in [-0.39, 0.29) is 23.9 Å². The van der Waals surface area contributed by atoms with Gasteiger partial charge in [-0.1, -0.05) is 0 Å². The van der Waals surface area contributed by atoms with Crippen molar-refractivity contribution in [3.8, 4) is 0 Å². The summed E-state index contributed by atoms with van der Waals surface area (Å²) < 4.78 is 9.41. The molecule has 0 bridgehead atoms. The molecule has 0 atom stereocenters. The Morgan fingerprint density at radius 3 is 1.56 bits per heavy atom. The topological polar surface area (TPSA) is 97.7 Å². The molecule has 0 saturated heterocycles. The molecule has 2 aromatic heterocycles. The van der Waals surface area contributed by atoms with Crippen LogP contribution in [0.1, 0.15) is 37.4 Å². The van der Waals surface area contributed by atoms with Gasteiger partial charge in [-0.2, -0.15) is 0 Å².